The molecular weight excluding hydrogens is 733 g/mol. The monoisotopic (exact) mass is 835 g/mol. The standard InChI is InChI=1S/C53H102O6/c1-7-49(6)41-35-29-25-26-31-37-43-52(55)58-46-50(45-57-51(54)42-36-30-23-19-16-15-18-22-28-34-40-48(4)5)59-53(56)44-38-32-24-20-14-12-10-8-9-11-13-17-21-27-33-39-47(2)3/h47-50H,7-46H2,1-6H3/t49?,50-/m0/s1. The molecule has 1 unspecified atom stereocenters. The van der Waals surface area contributed by atoms with E-state index in [1.165, 1.54) is 167 Å². The highest BCUT2D eigenvalue weighted by Crippen LogP contribution is 2.18. The van der Waals surface area contributed by atoms with Crippen LogP contribution in [0.25, 0.3) is 0 Å². The molecule has 0 amide bonds. The molecule has 0 aliphatic carbocycles. The first-order valence-electron chi connectivity index (χ1n) is 26.1. The van der Waals surface area contributed by atoms with Crippen molar-refractivity contribution in [1.29, 1.82) is 0 Å². The largest absolute Gasteiger partial charge is 0.462 e. The lowest BCUT2D eigenvalue weighted by Gasteiger charge is -2.18. The Balaban J connectivity index is 4.29. The van der Waals surface area contributed by atoms with E-state index in [4.69, 9.17) is 14.2 Å². The average Bonchev–Trinajstić information content (AvgIpc) is 3.20. The van der Waals surface area contributed by atoms with Gasteiger partial charge in [-0.15, -0.1) is 0 Å². The maximum Gasteiger partial charge on any atom is 0.306 e. The SMILES string of the molecule is CCC(C)CCCCCCCCC(=O)OC[C@H](COC(=O)CCCCCCCCCCCCC(C)C)OC(=O)CCCCCCCCCCCCCCCCCC(C)C. The van der Waals surface area contributed by atoms with Crippen LogP contribution in [0.3, 0.4) is 0 Å². The van der Waals surface area contributed by atoms with E-state index in [-0.39, 0.29) is 31.1 Å². The van der Waals surface area contributed by atoms with Gasteiger partial charge in [-0.25, -0.2) is 0 Å². The zero-order valence-corrected chi connectivity index (χ0v) is 40.5. The molecule has 0 saturated heterocycles. The molecule has 0 aromatic rings. The van der Waals surface area contributed by atoms with Crippen LogP contribution in [0.2, 0.25) is 0 Å². The molecule has 0 aromatic heterocycles. The maximum absolute atomic E-state index is 12.8. The van der Waals surface area contributed by atoms with Gasteiger partial charge in [-0.1, -0.05) is 247 Å². The molecule has 0 heterocycles. The van der Waals surface area contributed by atoms with Crippen LogP contribution in [0.1, 0.15) is 286 Å². The molecule has 350 valence electrons. The normalized spacial score (nSPS) is 12.6. The van der Waals surface area contributed by atoms with Crippen molar-refractivity contribution < 1.29 is 28.6 Å². The molecule has 0 aromatic carbocycles. The van der Waals surface area contributed by atoms with Gasteiger partial charge in [0.1, 0.15) is 13.2 Å². The van der Waals surface area contributed by atoms with E-state index < -0.39 is 6.10 Å². The maximum atomic E-state index is 12.8. The molecule has 0 aliphatic heterocycles. The first-order valence-corrected chi connectivity index (χ1v) is 26.1. The summed E-state index contributed by atoms with van der Waals surface area (Å²) in [5.41, 5.74) is 0. The van der Waals surface area contributed by atoms with Gasteiger partial charge in [0.05, 0.1) is 0 Å². The van der Waals surface area contributed by atoms with E-state index >= 15 is 0 Å². The van der Waals surface area contributed by atoms with Crippen LogP contribution in [0.15, 0.2) is 0 Å². The topological polar surface area (TPSA) is 78.9 Å². The number of rotatable bonds is 46. The smallest absolute Gasteiger partial charge is 0.306 e. The highest BCUT2D eigenvalue weighted by Gasteiger charge is 2.19. The predicted molar refractivity (Wildman–Crippen MR) is 252 cm³/mol. The van der Waals surface area contributed by atoms with Crippen molar-refractivity contribution in [1.82, 2.24) is 0 Å². The second-order valence-electron chi connectivity index (χ2n) is 19.4. The van der Waals surface area contributed by atoms with E-state index in [1.54, 1.807) is 0 Å². The summed E-state index contributed by atoms with van der Waals surface area (Å²) in [7, 11) is 0. The van der Waals surface area contributed by atoms with Gasteiger partial charge >= 0.3 is 17.9 Å². The number of carbonyl (C=O) groups is 3. The van der Waals surface area contributed by atoms with Crippen LogP contribution in [-0.2, 0) is 28.6 Å². The van der Waals surface area contributed by atoms with Crippen LogP contribution >= 0.6 is 0 Å². The molecular formula is C53H102O6. The third kappa shape index (κ3) is 45.8. The zero-order valence-electron chi connectivity index (χ0n) is 40.5. The highest BCUT2D eigenvalue weighted by atomic mass is 16.6. The van der Waals surface area contributed by atoms with Crippen LogP contribution < -0.4 is 0 Å². The lowest BCUT2D eigenvalue weighted by atomic mass is 10.00. The average molecular weight is 835 g/mol. The summed E-state index contributed by atoms with van der Waals surface area (Å²) in [6.45, 7) is 13.7. The van der Waals surface area contributed by atoms with Crippen LogP contribution in [0.5, 0.6) is 0 Å². The second-order valence-corrected chi connectivity index (χ2v) is 19.4. The lowest BCUT2D eigenvalue weighted by Crippen LogP contribution is -2.30. The lowest BCUT2D eigenvalue weighted by molar-refractivity contribution is -0.167. The van der Waals surface area contributed by atoms with Gasteiger partial charge in [0, 0.05) is 19.3 Å². The Morgan fingerprint density at radius 3 is 0.881 bits per heavy atom. The van der Waals surface area contributed by atoms with E-state index in [1.807, 2.05) is 0 Å². The third-order valence-electron chi connectivity index (χ3n) is 12.3. The Kier molecular flexibility index (Phi) is 43.3. The molecule has 0 bridgehead atoms. The van der Waals surface area contributed by atoms with Gasteiger partial charge in [-0.2, -0.15) is 0 Å². The molecule has 0 fully saturated rings. The molecule has 0 spiro atoms. The molecule has 0 rings (SSSR count). The van der Waals surface area contributed by atoms with E-state index in [2.05, 4.69) is 41.5 Å². The van der Waals surface area contributed by atoms with Crippen molar-refractivity contribution in [2.75, 3.05) is 13.2 Å². The van der Waals surface area contributed by atoms with E-state index in [9.17, 15) is 14.4 Å². The van der Waals surface area contributed by atoms with Gasteiger partial charge in [-0.05, 0) is 37.0 Å². The quantitative estimate of drug-likeness (QED) is 0.0345. The predicted octanol–water partition coefficient (Wildman–Crippen LogP) is 16.8. The number of hydrogen-bond donors (Lipinski definition) is 0. The minimum atomic E-state index is -0.763. The summed E-state index contributed by atoms with van der Waals surface area (Å²) < 4.78 is 16.8. The van der Waals surface area contributed by atoms with Gasteiger partial charge in [-0.3, -0.25) is 14.4 Å². The number of esters is 3. The minimum Gasteiger partial charge on any atom is -0.462 e. The Bertz CT molecular complexity index is 916. The van der Waals surface area contributed by atoms with Crippen molar-refractivity contribution in [3.05, 3.63) is 0 Å². The number of hydrogen-bond acceptors (Lipinski definition) is 6. The van der Waals surface area contributed by atoms with Crippen molar-refractivity contribution in [2.24, 2.45) is 17.8 Å². The van der Waals surface area contributed by atoms with Crippen molar-refractivity contribution in [3.8, 4) is 0 Å². The first kappa shape index (κ1) is 57.4. The Morgan fingerprint density at radius 2 is 0.593 bits per heavy atom. The first-order chi connectivity index (χ1) is 28.6. The van der Waals surface area contributed by atoms with Gasteiger partial charge in [0.25, 0.3) is 0 Å². The van der Waals surface area contributed by atoms with Crippen LogP contribution in [-0.4, -0.2) is 37.2 Å². The summed E-state index contributed by atoms with van der Waals surface area (Å²) in [4.78, 5) is 37.9. The minimum absolute atomic E-state index is 0.0654. The van der Waals surface area contributed by atoms with Crippen molar-refractivity contribution in [3.63, 3.8) is 0 Å². The summed E-state index contributed by atoms with van der Waals surface area (Å²) in [6.07, 6.45) is 43.8. The molecule has 0 saturated carbocycles. The Hall–Kier alpha value is -1.59. The van der Waals surface area contributed by atoms with E-state index in [0.29, 0.717) is 19.3 Å². The van der Waals surface area contributed by atoms with Crippen molar-refractivity contribution in [2.45, 2.75) is 292 Å². The summed E-state index contributed by atoms with van der Waals surface area (Å²) in [6, 6.07) is 0. The molecule has 2 atom stereocenters. The second kappa shape index (κ2) is 44.5. The van der Waals surface area contributed by atoms with Gasteiger partial charge < -0.3 is 14.2 Å². The molecule has 0 aliphatic rings. The summed E-state index contributed by atoms with van der Waals surface area (Å²) in [5, 5.41) is 0. The molecule has 59 heavy (non-hydrogen) atoms. The number of carbonyl (C=O) groups excluding carboxylic acids is 3. The number of ether oxygens (including phenoxy) is 3. The van der Waals surface area contributed by atoms with E-state index in [0.717, 1.165) is 75.5 Å². The van der Waals surface area contributed by atoms with Gasteiger partial charge in [0.15, 0.2) is 6.10 Å². The molecule has 0 N–H and O–H groups in total. The fourth-order valence-electron chi connectivity index (χ4n) is 7.91. The van der Waals surface area contributed by atoms with Crippen LogP contribution in [0, 0.1) is 17.8 Å². The van der Waals surface area contributed by atoms with Crippen LogP contribution in [0.4, 0.5) is 0 Å². The third-order valence-corrected chi connectivity index (χ3v) is 12.3. The summed E-state index contributed by atoms with van der Waals surface area (Å²) in [5.74, 6) is 1.63. The molecule has 6 heteroatoms. The van der Waals surface area contributed by atoms with Gasteiger partial charge in [0.2, 0.25) is 0 Å². The fraction of sp³-hybridized carbons (Fsp3) is 0.943. The zero-order chi connectivity index (χ0) is 43.4. The fourth-order valence-corrected chi connectivity index (χ4v) is 7.91. The molecule has 6 nitrogen and oxygen atoms in total. The summed E-state index contributed by atoms with van der Waals surface area (Å²) >= 11 is 0. The highest BCUT2D eigenvalue weighted by molar-refractivity contribution is 5.71. The molecule has 0 radical (unpaired) electrons. The van der Waals surface area contributed by atoms with Crippen molar-refractivity contribution >= 4 is 17.9 Å². The number of unbranched alkanes of at least 4 members (excludes halogenated alkanes) is 28. The Morgan fingerprint density at radius 1 is 0.339 bits per heavy atom. The Labute approximate surface area is 368 Å².